The number of hydrogen-bond donors (Lipinski definition) is 1. The summed E-state index contributed by atoms with van der Waals surface area (Å²) in [7, 11) is 0. The van der Waals surface area contributed by atoms with E-state index in [1.807, 2.05) is 12.1 Å². The van der Waals surface area contributed by atoms with E-state index in [-0.39, 0.29) is 0 Å². The van der Waals surface area contributed by atoms with Crippen molar-refractivity contribution in [1.29, 1.82) is 0 Å². The minimum absolute atomic E-state index is 0.308. The molecule has 3 aromatic rings. The van der Waals surface area contributed by atoms with Crippen molar-refractivity contribution in [3.63, 3.8) is 0 Å². The largest absolute Gasteiger partial charge is 0.467 e. The molecule has 0 amide bonds. The zero-order chi connectivity index (χ0) is 17.8. The van der Waals surface area contributed by atoms with Crippen LogP contribution in [-0.4, -0.2) is 65.4 Å². The average Bonchev–Trinajstić information content (AvgIpc) is 3.33. The number of fused-ring (bicyclic) bond motifs is 1. The standard InChI is InChI=1S/C18H22N4O3S/c23-14(11-24-12-15-2-1-8-25-15)10-21-4-6-22(7-5-21)17-16-3-9-26-18(16)20-13-19-17/h1-3,8-9,13-14,23H,4-7,10-12H2. The minimum atomic E-state index is -0.501. The summed E-state index contributed by atoms with van der Waals surface area (Å²) in [6, 6.07) is 5.78. The molecule has 0 aliphatic carbocycles. The molecule has 1 atom stereocenters. The predicted molar refractivity (Wildman–Crippen MR) is 100 cm³/mol. The van der Waals surface area contributed by atoms with E-state index >= 15 is 0 Å². The summed E-state index contributed by atoms with van der Waals surface area (Å²) in [4.78, 5) is 14.4. The van der Waals surface area contributed by atoms with Gasteiger partial charge in [-0.1, -0.05) is 0 Å². The van der Waals surface area contributed by atoms with Gasteiger partial charge in [0.25, 0.3) is 0 Å². The van der Waals surface area contributed by atoms with E-state index in [1.165, 1.54) is 0 Å². The van der Waals surface area contributed by atoms with Gasteiger partial charge < -0.3 is 19.2 Å². The molecule has 0 spiro atoms. The quantitative estimate of drug-likeness (QED) is 0.678. The molecule has 1 saturated heterocycles. The SMILES string of the molecule is OC(COCc1ccco1)CN1CCN(c2ncnc3sccc23)CC1. The Morgan fingerprint density at radius 2 is 2.12 bits per heavy atom. The summed E-state index contributed by atoms with van der Waals surface area (Å²) in [5, 5.41) is 13.4. The monoisotopic (exact) mass is 374 g/mol. The summed E-state index contributed by atoms with van der Waals surface area (Å²) >= 11 is 1.64. The first kappa shape index (κ1) is 17.4. The lowest BCUT2D eigenvalue weighted by atomic mass is 10.2. The number of thiophene rings is 1. The highest BCUT2D eigenvalue weighted by Crippen LogP contribution is 2.27. The highest BCUT2D eigenvalue weighted by atomic mass is 32.1. The van der Waals surface area contributed by atoms with Gasteiger partial charge in [0.15, 0.2) is 0 Å². The van der Waals surface area contributed by atoms with E-state index in [2.05, 4.69) is 31.2 Å². The maximum atomic E-state index is 10.2. The Bertz CT molecular complexity index is 815. The first-order chi connectivity index (χ1) is 12.8. The summed E-state index contributed by atoms with van der Waals surface area (Å²) in [5.74, 6) is 1.79. The third-order valence-electron chi connectivity index (χ3n) is 4.52. The van der Waals surface area contributed by atoms with Crippen LogP contribution >= 0.6 is 11.3 Å². The van der Waals surface area contributed by atoms with Crippen LogP contribution in [0.5, 0.6) is 0 Å². The number of aliphatic hydroxyl groups is 1. The number of rotatable bonds is 7. The van der Waals surface area contributed by atoms with Crippen molar-refractivity contribution in [1.82, 2.24) is 14.9 Å². The molecule has 0 bridgehead atoms. The molecule has 4 heterocycles. The zero-order valence-corrected chi connectivity index (χ0v) is 15.3. The molecule has 4 rings (SSSR count). The number of aliphatic hydroxyl groups excluding tert-OH is 1. The van der Waals surface area contributed by atoms with Crippen LogP contribution in [0.2, 0.25) is 0 Å². The lowest BCUT2D eigenvalue weighted by Gasteiger charge is -2.36. The number of nitrogens with zero attached hydrogens (tertiary/aromatic N) is 4. The molecule has 1 N–H and O–H groups in total. The summed E-state index contributed by atoms with van der Waals surface area (Å²) < 4.78 is 10.7. The fraction of sp³-hybridized carbons (Fsp3) is 0.444. The number of furan rings is 1. The van der Waals surface area contributed by atoms with E-state index in [1.54, 1.807) is 23.9 Å². The molecule has 1 aliphatic heterocycles. The van der Waals surface area contributed by atoms with E-state index in [0.717, 1.165) is 48.0 Å². The summed E-state index contributed by atoms with van der Waals surface area (Å²) in [5.41, 5.74) is 0. The van der Waals surface area contributed by atoms with Crippen LogP contribution in [0.25, 0.3) is 10.2 Å². The van der Waals surface area contributed by atoms with Crippen LogP contribution in [0.1, 0.15) is 5.76 Å². The van der Waals surface area contributed by atoms with Crippen LogP contribution in [-0.2, 0) is 11.3 Å². The second-order valence-electron chi connectivity index (χ2n) is 6.37. The van der Waals surface area contributed by atoms with E-state index in [9.17, 15) is 5.11 Å². The predicted octanol–water partition coefficient (Wildman–Crippen LogP) is 1.98. The molecule has 1 aliphatic rings. The van der Waals surface area contributed by atoms with Crippen molar-refractivity contribution in [2.24, 2.45) is 0 Å². The molecular formula is C18H22N4O3S. The van der Waals surface area contributed by atoms with Crippen molar-refractivity contribution >= 4 is 27.4 Å². The van der Waals surface area contributed by atoms with Crippen LogP contribution in [0.4, 0.5) is 5.82 Å². The molecule has 7 nitrogen and oxygen atoms in total. The van der Waals surface area contributed by atoms with E-state index < -0.39 is 6.10 Å². The lowest BCUT2D eigenvalue weighted by Crippen LogP contribution is -2.49. The van der Waals surface area contributed by atoms with Gasteiger partial charge in [0.2, 0.25) is 0 Å². The van der Waals surface area contributed by atoms with Gasteiger partial charge in [0.1, 0.15) is 29.3 Å². The van der Waals surface area contributed by atoms with Crippen molar-refractivity contribution in [3.8, 4) is 0 Å². The van der Waals surface area contributed by atoms with Gasteiger partial charge in [-0.05, 0) is 23.6 Å². The zero-order valence-electron chi connectivity index (χ0n) is 14.5. The Morgan fingerprint density at radius 3 is 2.92 bits per heavy atom. The Morgan fingerprint density at radius 1 is 1.23 bits per heavy atom. The van der Waals surface area contributed by atoms with Crippen molar-refractivity contribution in [2.45, 2.75) is 12.7 Å². The number of ether oxygens (including phenoxy) is 1. The lowest BCUT2D eigenvalue weighted by molar-refractivity contribution is 0.00441. The number of β-amino-alcohol motifs (C(OH)–C–C–N with tert-alkyl or cyclic N) is 1. The van der Waals surface area contributed by atoms with Crippen LogP contribution in [0, 0.1) is 0 Å². The van der Waals surface area contributed by atoms with Gasteiger partial charge in [-0.3, -0.25) is 4.90 Å². The van der Waals surface area contributed by atoms with E-state index in [0.29, 0.717) is 19.8 Å². The van der Waals surface area contributed by atoms with Crippen LogP contribution in [0.15, 0.2) is 40.6 Å². The van der Waals surface area contributed by atoms with Crippen molar-refractivity contribution < 1.29 is 14.3 Å². The topological polar surface area (TPSA) is 74.9 Å². The second-order valence-corrected chi connectivity index (χ2v) is 7.27. The summed E-state index contributed by atoms with van der Waals surface area (Å²) in [6.07, 6.45) is 2.76. The number of aromatic nitrogens is 2. The Hall–Kier alpha value is -2.00. The number of piperazine rings is 1. The van der Waals surface area contributed by atoms with E-state index in [4.69, 9.17) is 9.15 Å². The first-order valence-electron chi connectivity index (χ1n) is 8.73. The Balaban J connectivity index is 1.24. The molecule has 0 radical (unpaired) electrons. The van der Waals surface area contributed by atoms with Gasteiger partial charge in [-0.15, -0.1) is 11.3 Å². The van der Waals surface area contributed by atoms with Crippen LogP contribution in [0.3, 0.4) is 0 Å². The molecule has 8 heteroatoms. The fourth-order valence-electron chi connectivity index (χ4n) is 3.21. The molecule has 1 fully saturated rings. The third kappa shape index (κ3) is 4.04. The van der Waals surface area contributed by atoms with Crippen molar-refractivity contribution in [3.05, 3.63) is 41.9 Å². The fourth-order valence-corrected chi connectivity index (χ4v) is 3.94. The first-order valence-corrected chi connectivity index (χ1v) is 9.61. The molecule has 0 saturated carbocycles. The highest BCUT2D eigenvalue weighted by molar-refractivity contribution is 7.16. The smallest absolute Gasteiger partial charge is 0.140 e. The van der Waals surface area contributed by atoms with Gasteiger partial charge in [0.05, 0.1) is 24.4 Å². The second kappa shape index (κ2) is 8.13. The van der Waals surface area contributed by atoms with Gasteiger partial charge in [0, 0.05) is 32.7 Å². The Labute approximate surface area is 155 Å². The summed E-state index contributed by atoms with van der Waals surface area (Å²) in [6.45, 7) is 4.88. The molecule has 0 aromatic carbocycles. The molecule has 1 unspecified atom stereocenters. The van der Waals surface area contributed by atoms with Crippen molar-refractivity contribution in [2.75, 3.05) is 44.2 Å². The minimum Gasteiger partial charge on any atom is -0.467 e. The van der Waals surface area contributed by atoms with Crippen LogP contribution < -0.4 is 4.90 Å². The molecule has 3 aromatic heterocycles. The molecule has 26 heavy (non-hydrogen) atoms. The maximum Gasteiger partial charge on any atom is 0.140 e. The maximum absolute atomic E-state index is 10.2. The normalized spacial score (nSPS) is 17.0. The van der Waals surface area contributed by atoms with Gasteiger partial charge in [-0.25, -0.2) is 9.97 Å². The van der Waals surface area contributed by atoms with Gasteiger partial charge >= 0.3 is 0 Å². The average molecular weight is 374 g/mol. The number of hydrogen-bond acceptors (Lipinski definition) is 8. The Kier molecular flexibility index (Phi) is 5.45. The third-order valence-corrected chi connectivity index (χ3v) is 5.34. The van der Waals surface area contributed by atoms with Gasteiger partial charge in [-0.2, -0.15) is 0 Å². The number of anilines is 1. The molecule has 138 valence electrons. The molecular weight excluding hydrogens is 352 g/mol. The highest BCUT2D eigenvalue weighted by Gasteiger charge is 2.21.